The van der Waals surface area contributed by atoms with Crippen molar-refractivity contribution in [3.05, 3.63) is 28.6 Å². The van der Waals surface area contributed by atoms with E-state index < -0.39 is 0 Å². The van der Waals surface area contributed by atoms with Crippen LogP contribution in [0.1, 0.15) is 10.4 Å². The van der Waals surface area contributed by atoms with Crippen LogP contribution in [0.15, 0.2) is 23.0 Å². The Morgan fingerprint density at radius 3 is 3.13 bits per heavy atom. The highest BCUT2D eigenvalue weighted by atomic mass is 32.1. The quantitative estimate of drug-likeness (QED) is 0.581. The molecule has 0 aromatic carbocycles. The number of hydrogen-bond acceptors (Lipinski definition) is 3. The molecule has 0 aliphatic rings. The molecule has 0 amide bonds. The van der Waals surface area contributed by atoms with E-state index in [9.17, 15) is 4.79 Å². The Morgan fingerprint density at radius 2 is 2.53 bits per heavy atom. The fraction of sp³-hybridized carbons (Fsp3) is 0.0909. The lowest BCUT2D eigenvalue weighted by atomic mass is 10.2. The highest BCUT2D eigenvalue weighted by Crippen LogP contribution is 2.23. The van der Waals surface area contributed by atoms with Crippen LogP contribution in [-0.4, -0.2) is 16.1 Å². The molecule has 0 bridgehead atoms. The molecule has 3 nitrogen and oxygen atoms in total. The molecule has 0 spiro atoms. The summed E-state index contributed by atoms with van der Waals surface area (Å²) in [5.41, 5.74) is 2.23. The number of nitrogens with zero attached hydrogens (tertiary/aromatic N) is 2. The minimum atomic E-state index is 0.380. The topological polar surface area (TPSA) is 34.9 Å². The molecule has 2 rings (SSSR count). The third-order valence-electron chi connectivity index (χ3n) is 1.96. The number of terminal acetylenes is 1. The lowest BCUT2D eigenvalue weighted by Crippen LogP contribution is -1.95. The average Bonchev–Trinajstić information content (AvgIpc) is 2.84. The van der Waals surface area contributed by atoms with Crippen molar-refractivity contribution < 1.29 is 4.79 Å². The van der Waals surface area contributed by atoms with Gasteiger partial charge in [0.15, 0.2) is 6.29 Å². The predicted molar refractivity (Wildman–Crippen MR) is 59.8 cm³/mol. The zero-order valence-electron chi connectivity index (χ0n) is 7.88. The number of rotatable bonds is 3. The van der Waals surface area contributed by atoms with Crippen molar-refractivity contribution in [3.8, 4) is 23.6 Å². The van der Waals surface area contributed by atoms with Gasteiger partial charge in [0.2, 0.25) is 0 Å². The van der Waals surface area contributed by atoms with Gasteiger partial charge in [0.1, 0.15) is 12.2 Å². The number of aromatic nitrogens is 2. The van der Waals surface area contributed by atoms with Crippen LogP contribution >= 0.6 is 11.3 Å². The third kappa shape index (κ3) is 1.83. The van der Waals surface area contributed by atoms with E-state index in [1.807, 2.05) is 16.8 Å². The zero-order chi connectivity index (χ0) is 10.7. The molecule has 0 N–H and O–H groups in total. The van der Waals surface area contributed by atoms with Crippen LogP contribution in [0.5, 0.6) is 0 Å². The van der Waals surface area contributed by atoms with E-state index in [0.717, 1.165) is 11.8 Å². The number of carbonyl (C=O) groups excluding carboxylic acids is 1. The van der Waals surface area contributed by atoms with Crippen LogP contribution in [0.4, 0.5) is 0 Å². The van der Waals surface area contributed by atoms with E-state index in [1.54, 1.807) is 22.2 Å². The zero-order valence-corrected chi connectivity index (χ0v) is 8.70. The first-order valence-electron chi connectivity index (χ1n) is 4.34. The molecule has 0 saturated carbocycles. The monoisotopic (exact) mass is 216 g/mol. The molecule has 15 heavy (non-hydrogen) atoms. The molecular formula is C11H8N2OS. The van der Waals surface area contributed by atoms with Crippen molar-refractivity contribution in [3.63, 3.8) is 0 Å². The van der Waals surface area contributed by atoms with Crippen LogP contribution < -0.4 is 0 Å². The third-order valence-corrected chi connectivity index (χ3v) is 2.65. The number of hydrogen-bond donors (Lipinski definition) is 0. The van der Waals surface area contributed by atoms with Gasteiger partial charge in [0.05, 0.1) is 5.56 Å². The summed E-state index contributed by atoms with van der Waals surface area (Å²) in [5, 5.41) is 8.17. The summed E-state index contributed by atoms with van der Waals surface area (Å²) in [7, 11) is 0. The fourth-order valence-corrected chi connectivity index (χ4v) is 1.96. The van der Waals surface area contributed by atoms with Crippen molar-refractivity contribution >= 4 is 17.6 Å². The van der Waals surface area contributed by atoms with E-state index >= 15 is 0 Å². The van der Waals surface area contributed by atoms with Gasteiger partial charge in [-0.1, -0.05) is 5.92 Å². The molecule has 0 atom stereocenters. The van der Waals surface area contributed by atoms with E-state index in [4.69, 9.17) is 6.42 Å². The summed E-state index contributed by atoms with van der Waals surface area (Å²) in [5.74, 6) is 2.48. The summed E-state index contributed by atoms with van der Waals surface area (Å²) in [6.07, 6.45) is 7.65. The van der Waals surface area contributed by atoms with Gasteiger partial charge in [-0.3, -0.25) is 9.48 Å². The van der Waals surface area contributed by atoms with Gasteiger partial charge in [-0.2, -0.15) is 16.4 Å². The highest BCUT2D eigenvalue weighted by Gasteiger charge is 2.10. The van der Waals surface area contributed by atoms with Crippen LogP contribution in [0.25, 0.3) is 11.3 Å². The predicted octanol–water partition coefficient (Wildman–Crippen LogP) is 2.06. The largest absolute Gasteiger partial charge is 0.298 e. The molecule has 0 saturated heterocycles. The van der Waals surface area contributed by atoms with Crippen LogP contribution in [-0.2, 0) is 6.54 Å². The summed E-state index contributed by atoms with van der Waals surface area (Å²) in [6.45, 7) is 0.380. The number of thiophene rings is 1. The minimum Gasteiger partial charge on any atom is -0.298 e. The van der Waals surface area contributed by atoms with E-state index in [-0.39, 0.29) is 0 Å². The molecule has 0 aliphatic heterocycles. The van der Waals surface area contributed by atoms with Gasteiger partial charge in [0, 0.05) is 17.1 Å². The lowest BCUT2D eigenvalue weighted by Gasteiger charge is -1.92. The van der Waals surface area contributed by atoms with E-state index in [1.165, 1.54) is 0 Å². The first kappa shape index (κ1) is 9.69. The van der Waals surface area contributed by atoms with Crippen molar-refractivity contribution in [2.75, 3.05) is 0 Å². The minimum absolute atomic E-state index is 0.380. The highest BCUT2D eigenvalue weighted by molar-refractivity contribution is 7.08. The first-order chi connectivity index (χ1) is 7.35. The Morgan fingerprint density at radius 1 is 1.67 bits per heavy atom. The second-order valence-corrected chi connectivity index (χ2v) is 3.74. The molecule has 74 valence electrons. The standard InChI is InChI=1S/C11H8N2OS/c1-2-4-13-6-10(7-14)11(12-13)9-3-5-15-8-9/h1,3,5-8H,4H2. The Labute approximate surface area is 91.4 Å². The van der Waals surface area contributed by atoms with Crippen LogP contribution in [0, 0.1) is 12.3 Å². The van der Waals surface area contributed by atoms with Gasteiger partial charge in [-0.25, -0.2) is 0 Å². The Bertz CT molecular complexity index is 505. The van der Waals surface area contributed by atoms with Gasteiger partial charge >= 0.3 is 0 Å². The average molecular weight is 216 g/mol. The number of carbonyl (C=O) groups is 1. The van der Waals surface area contributed by atoms with E-state index in [0.29, 0.717) is 17.8 Å². The Kier molecular flexibility index (Phi) is 2.66. The van der Waals surface area contributed by atoms with E-state index in [2.05, 4.69) is 11.0 Å². The summed E-state index contributed by atoms with van der Waals surface area (Å²) >= 11 is 1.57. The van der Waals surface area contributed by atoms with Crippen molar-refractivity contribution in [2.45, 2.75) is 6.54 Å². The van der Waals surface area contributed by atoms with Gasteiger partial charge < -0.3 is 0 Å². The molecule has 2 aromatic rings. The molecule has 0 fully saturated rings. The second-order valence-electron chi connectivity index (χ2n) is 2.96. The molecule has 0 aliphatic carbocycles. The maximum absolute atomic E-state index is 10.8. The summed E-state index contributed by atoms with van der Waals surface area (Å²) in [4.78, 5) is 10.8. The van der Waals surface area contributed by atoms with Gasteiger partial charge in [-0.15, -0.1) is 6.42 Å². The molecule has 0 unspecified atom stereocenters. The molecule has 2 heterocycles. The maximum Gasteiger partial charge on any atom is 0.153 e. The first-order valence-corrected chi connectivity index (χ1v) is 5.28. The summed E-state index contributed by atoms with van der Waals surface area (Å²) in [6, 6.07) is 1.93. The molecular weight excluding hydrogens is 208 g/mol. The Hall–Kier alpha value is -1.86. The normalized spacial score (nSPS) is 9.80. The molecule has 4 heteroatoms. The maximum atomic E-state index is 10.8. The van der Waals surface area contributed by atoms with Crippen molar-refractivity contribution in [1.82, 2.24) is 9.78 Å². The smallest absolute Gasteiger partial charge is 0.153 e. The fourth-order valence-electron chi connectivity index (χ4n) is 1.32. The lowest BCUT2D eigenvalue weighted by molar-refractivity contribution is 0.112. The molecule has 0 radical (unpaired) electrons. The van der Waals surface area contributed by atoms with Gasteiger partial charge in [-0.05, 0) is 11.4 Å². The summed E-state index contributed by atoms with van der Waals surface area (Å²) < 4.78 is 1.59. The van der Waals surface area contributed by atoms with Crippen molar-refractivity contribution in [1.29, 1.82) is 0 Å². The van der Waals surface area contributed by atoms with Crippen LogP contribution in [0.3, 0.4) is 0 Å². The molecule has 2 aromatic heterocycles. The Balaban J connectivity index is 2.47. The van der Waals surface area contributed by atoms with Crippen molar-refractivity contribution in [2.24, 2.45) is 0 Å². The van der Waals surface area contributed by atoms with Gasteiger partial charge in [0.25, 0.3) is 0 Å². The number of aldehydes is 1. The SMILES string of the molecule is C#CCn1cc(C=O)c(-c2ccsc2)n1. The van der Waals surface area contributed by atoms with Crippen LogP contribution in [0.2, 0.25) is 0 Å². The second kappa shape index (κ2) is 4.11.